The van der Waals surface area contributed by atoms with Crippen molar-refractivity contribution in [1.29, 1.82) is 0 Å². The van der Waals surface area contributed by atoms with Gasteiger partial charge in [-0.3, -0.25) is 4.79 Å². The number of fused-ring (bicyclic) bond motifs is 1. The SMILES string of the molecule is Cc1ncsc1CCOC(=O)[C@@H]1CCOc2ccccc21. The molecule has 4 nitrogen and oxygen atoms in total. The molecule has 5 heteroatoms. The number of esters is 1. The standard InChI is InChI=1S/C16H17NO3S/c1-11-15(21-10-17-11)7-9-20-16(18)13-6-8-19-14-5-3-2-4-12(13)14/h2-5,10,13H,6-9H2,1H3/t13-/m1/s1. The van der Waals surface area contributed by atoms with Gasteiger partial charge in [0.1, 0.15) is 5.75 Å². The van der Waals surface area contributed by atoms with Crippen LogP contribution in [0, 0.1) is 6.92 Å². The van der Waals surface area contributed by atoms with Crippen LogP contribution in [0.5, 0.6) is 5.75 Å². The van der Waals surface area contributed by atoms with Gasteiger partial charge in [0.2, 0.25) is 0 Å². The quantitative estimate of drug-likeness (QED) is 0.814. The van der Waals surface area contributed by atoms with Crippen molar-refractivity contribution in [3.63, 3.8) is 0 Å². The van der Waals surface area contributed by atoms with Crippen molar-refractivity contribution in [1.82, 2.24) is 4.98 Å². The molecule has 0 spiro atoms. The predicted octanol–water partition coefficient (Wildman–Crippen LogP) is 3.10. The van der Waals surface area contributed by atoms with E-state index in [-0.39, 0.29) is 11.9 Å². The molecule has 1 aliphatic heterocycles. The van der Waals surface area contributed by atoms with Crippen LogP contribution < -0.4 is 4.74 Å². The number of ether oxygens (including phenoxy) is 2. The number of hydrogen-bond donors (Lipinski definition) is 0. The lowest BCUT2D eigenvalue weighted by atomic mass is 9.93. The van der Waals surface area contributed by atoms with E-state index in [2.05, 4.69) is 4.98 Å². The van der Waals surface area contributed by atoms with Crippen molar-refractivity contribution >= 4 is 17.3 Å². The van der Waals surface area contributed by atoms with Crippen LogP contribution in [0.3, 0.4) is 0 Å². The molecule has 1 atom stereocenters. The summed E-state index contributed by atoms with van der Waals surface area (Å²) >= 11 is 1.60. The first kappa shape index (κ1) is 14.1. The highest BCUT2D eigenvalue weighted by molar-refractivity contribution is 7.09. The molecule has 0 unspecified atom stereocenters. The van der Waals surface area contributed by atoms with Gasteiger partial charge in [-0.2, -0.15) is 0 Å². The third-order valence-electron chi connectivity index (χ3n) is 3.66. The van der Waals surface area contributed by atoms with Crippen LogP contribution in [0.4, 0.5) is 0 Å². The Hall–Kier alpha value is -1.88. The van der Waals surface area contributed by atoms with Gasteiger partial charge in [-0.1, -0.05) is 18.2 Å². The number of aromatic nitrogens is 1. The molecule has 0 radical (unpaired) electrons. The van der Waals surface area contributed by atoms with Gasteiger partial charge < -0.3 is 9.47 Å². The molecule has 3 rings (SSSR count). The summed E-state index contributed by atoms with van der Waals surface area (Å²) in [5.41, 5.74) is 3.77. The summed E-state index contributed by atoms with van der Waals surface area (Å²) in [5, 5.41) is 0. The molecule has 1 aromatic heterocycles. The summed E-state index contributed by atoms with van der Waals surface area (Å²) < 4.78 is 11.0. The highest BCUT2D eigenvalue weighted by atomic mass is 32.1. The van der Waals surface area contributed by atoms with Crippen LogP contribution in [-0.2, 0) is 16.0 Å². The summed E-state index contributed by atoms with van der Waals surface area (Å²) in [4.78, 5) is 17.7. The van der Waals surface area contributed by atoms with Gasteiger partial charge in [-0.25, -0.2) is 4.98 Å². The van der Waals surface area contributed by atoms with Gasteiger partial charge in [0.25, 0.3) is 0 Å². The first-order valence-electron chi connectivity index (χ1n) is 7.03. The van der Waals surface area contributed by atoms with E-state index < -0.39 is 0 Å². The van der Waals surface area contributed by atoms with Gasteiger partial charge in [0.05, 0.1) is 30.3 Å². The highest BCUT2D eigenvalue weighted by Crippen LogP contribution is 2.34. The minimum absolute atomic E-state index is 0.159. The van der Waals surface area contributed by atoms with E-state index in [1.807, 2.05) is 36.7 Å². The van der Waals surface area contributed by atoms with E-state index in [0.717, 1.165) is 23.4 Å². The minimum atomic E-state index is -0.211. The zero-order chi connectivity index (χ0) is 14.7. The fourth-order valence-corrected chi connectivity index (χ4v) is 3.26. The van der Waals surface area contributed by atoms with E-state index in [1.165, 1.54) is 4.88 Å². The molecule has 1 aromatic carbocycles. The van der Waals surface area contributed by atoms with Crippen LogP contribution in [0.1, 0.15) is 28.5 Å². The third-order valence-corrected chi connectivity index (χ3v) is 4.66. The molecule has 21 heavy (non-hydrogen) atoms. The summed E-state index contributed by atoms with van der Waals surface area (Å²) in [6, 6.07) is 7.68. The number of nitrogens with zero attached hydrogens (tertiary/aromatic N) is 1. The largest absolute Gasteiger partial charge is 0.493 e. The fraction of sp³-hybridized carbons (Fsp3) is 0.375. The Morgan fingerprint density at radius 2 is 2.33 bits per heavy atom. The average Bonchev–Trinajstić information content (AvgIpc) is 2.92. The zero-order valence-corrected chi connectivity index (χ0v) is 12.7. The molecule has 0 fully saturated rings. The lowest BCUT2D eigenvalue weighted by Crippen LogP contribution is -2.23. The van der Waals surface area contributed by atoms with E-state index in [9.17, 15) is 4.79 Å². The number of carbonyl (C=O) groups excluding carboxylic acids is 1. The Kier molecular flexibility index (Phi) is 4.20. The summed E-state index contributed by atoms with van der Waals surface area (Å²) in [6.07, 6.45) is 1.41. The number of benzene rings is 1. The number of rotatable bonds is 4. The Labute approximate surface area is 127 Å². The van der Waals surface area contributed by atoms with Crippen molar-refractivity contribution in [2.24, 2.45) is 0 Å². The van der Waals surface area contributed by atoms with Gasteiger partial charge in [0, 0.05) is 16.9 Å². The minimum Gasteiger partial charge on any atom is -0.493 e. The average molecular weight is 303 g/mol. The predicted molar refractivity (Wildman–Crippen MR) is 80.8 cm³/mol. The summed E-state index contributed by atoms with van der Waals surface area (Å²) in [7, 11) is 0. The van der Waals surface area contributed by atoms with Crippen LogP contribution in [0.25, 0.3) is 0 Å². The molecule has 0 bridgehead atoms. The highest BCUT2D eigenvalue weighted by Gasteiger charge is 2.28. The normalized spacial score (nSPS) is 16.9. The molecule has 2 aromatic rings. The Bertz CT molecular complexity index is 638. The molecule has 110 valence electrons. The van der Waals surface area contributed by atoms with Gasteiger partial charge in [-0.15, -0.1) is 11.3 Å². The number of para-hydroxylation sites is 1. The van der Waals surface area contributed by atoms with E-state index in [0.29, 0.717) is 19.6 Å². The summed E-state index contributed by atoms with van der Waals surface area (Å²) in [5.74, 6) is 0.425. The number of aryl methyl sites for hydroxylation is 1. The molecule has 0 saturated carbocycles. The Balaban J connectivity index is 1.60. The molecule has 1 aliphatic rings. The maximum atomic E-state index is 12.3. The smallest absolute Gasteiger partial charge is 0.313 e. The van der Waals surface area contributed by atoms with Gasteiger partial charge in [0.15, 0.2) is 0 Å². The summed E-state index contributed by atoms with van der Waals surface area (Å²) in [6.45, 7) is 2.94. The van der Waals surface area contributed by atoms with Gasteiger partial charge in [-0.05, 0) is 19.4 Å². The lowest BCUT2D eigenvalue weighted by Gasteiger charge is -2.24. The fourth-order valence-electron chi connectivity index (χ4n) is 2.50. The number of carbonyl (C=O) groups is 1. The number of hydrogen-bond acceptors (Lipinski definition) is 5. The third kappa shape index (κ3) is 3.08. The Morgan fingerprint density at radius 3 is 3.14 bits per heavy atom. The monoisotopic (exact) mass is 303 g/mol. The van der Waals surface area contributed by atoms with Gasteiger partial charge >= 0.3 is 5.97 Å². The maximum Gasteiger partial charge on any atom is 0.313 e. The van der Waals surface area contributed by atoms with Crippen molar-refractivity contribution in [3.05, 3.63) is 45.9 Å². The van der Waals surface area contributed by atoms with Crippen molar-refractivity contribution in [2.45, 2.75) is 25.7 Å². The first-order valence-corrected chi connectivity index (χ1v) is 7.91. The topological polar surface area (TPSA) is 48.4 Å². The van der Waals surface area contributed by atoms with Crippen molar-refractivity contribution in [3.8, 4) is 5.75 Å². The molecular weight excluding hydrogens is 286 g/mol. The van der Waals surface area contributed by atoms with Crippen molar-refractivity contribution in [2.75, 3.05) is 13.2 Å². The van der Waals surface area contributed by atoms with E-state index in [4.69, 9.17) is 9.47 Å². The van der Waals surface area contributed by atoms with Crippen LogP contribution in [-0.4, -0.2) is 24.2 Å². The lowest BCUT2D eigenvalue weighted by molar-refractivity contribution is -0.146. The molecule has 0 amide bonds. The molecule has 2 heterocycles. The second-order valence-electron chi connectivity index (χ2n) is 5.01. The van der Waals surface area contributed by atoms with Crippen LogP contribution in [0.2, 0.25) is 0 Å². The van der Waals surface area contributed by atoms with E-state index in [1.54, 1.807) is 11.3 Å². The molecule has 0 saturated heterocycles. The molecular formula is C16H17NO3S. The zero-order valence-electron chi connectivity index (χ0n) is 11.9. The first-order chi connectivity index (χ1) is 10.3. The Morgan fingerprint density at radius 1 is 1.48 bits per heavy atom. The molecule has 0 aliphatic carbocycles. The second kappa shape index (κ2) is 6.26. The van der Waals surface area contributed by atoms with Crippen LogP contribution >= 0.6 is 11.3 Å². The molecule has 0 N–H and O–H groups in total. The van der Waals surface area contributed by atoms with Crippen molar-refractivity contribution < 1.29 is 14.3 Å². The van der Waals surface area contributed by atoms with E-state index >= 15 is 0 Å². The number of thiazole rings is 1. The maximum absolute atomic E-state index is 12.3. The second-order valence-corrected chi connectivity index (χ2v) is 5.95. The van der Waals surface area contributed by atoms with Crippen LogP contribution in [0.15, 0.2) is 29.8 Å².